The fraction of sp³-hybridized carbons (Fsp3) is 0.294. The number of hydrogen-bond acceptors (Lipinski definition) is 5. The molecule has 0 fully saturated rings. The van der Waals surface area contributed by atoms with Gasteiger partial charge in [0, 0.05) is 19.7 Å². The van der Waals surface area contributed by atoms with Crippen LogP contribution in [-0.2, 0) is 17.8 Å². The molecule has 3 aromatic rings. The molecule has 0 aliphatic rings. The molecule has 0 aliphatic heterocycles. The van der Waals surface area contributed by atoms with Crippen LogP contribution < -0.4 is 10.9 Å². The molecule has 0 radical (unpaired) electrons. The van der Waals surface area contributed by atoms with Gasteiger partial charge in [0.2, 0.25) is 5.95 Å². The fourth-order valence-corrected chi connectivity index (χ4v) is 2.56. The number of nitrogens with zero attached hydrogens (tertiary/aromatic N) is 4. The van der Waals surface area contributed by atoms with E-state index in [9.17, 15) is 9.59 Å². The number of rotatable bonds is 6. The average Bonchev–Trinajstić information content (AvgIpc) is 2.97. The molecule has 25 heavy (non-hydrogen) atoms. The summed E-state index contributed by atoms with van der Waals surface area (Å²) >= 11 is 0. The third kappa shape index (κ3) is 3.43. The number of carbonyl (C=O) groups is 1. The summed E-state index contributed by atoms with van der Waals surface area (Å²) < 4.78 is 8.07. The molecule has 0 atom stereocenters. The Labute approximate surface area is 144 Å². The highest BCUT2D eigenvalue weighted by Crippen LogP contribution is 2.19. The van der Waals surface area contributed by atoms with Gasteiger partial charge in [0.1, 0.15) is 5.69 Å². The fourth-order valence-electron chi connectivity index (χ4n) is 2.56. The molecule has 8 nitrogen and oxygen atoms in total. The third-order valence-corrected chi connectivity index (χ3v) is 3.80. The van der Waals surface area contributed by atoms with Crippen molar-refractivity contribution in [2.45, 2.75) is 20.0 Å². The Hall–Kier alpha value is -3.00. The summed E-state index contributed by atoms with van der Waals surface area (Å²) in [5, 5.41) is 6.86. The van der Waals surface area contributed by atoms with E-state index in [0.29, 0.717) is 19.1 Å². The highest BCUT2D eigenvalue weighted by molar-refractivity contribution is 6.02. The number of amides is 1. The molecule has 0 unspecified atom stereocenters. The average molecular weight is 341 g/mol. The number of hydrogen-bond donors (Lipinski definition) is 1. The van der Waals surface area contributed by atoms with Crippen LogP contribution >= 0.6 is 0 Å². The molecule has 8 heteroatoms. The van der Waals surface area contributed by atoms with Crippen molar-refractivity contribution in [3.63, 3.8) is 0 Å². The Balaban J connectivity index is 1.89. The summed E-state index contributed by atoms with van der Waals surface area (Å²) in [6.07, 6.45) is 0. The van der Waals surface area contributed by atoms with E-state index in [1.807, 2.05) is 35.8 Å². The van der Waals surface area contributed by atoms with Crippen molar-refractivity contribution >= 4 is 22.9 Å². The lowest BCUT2D eigenvalue weighted by Gasteiger charge is -2.08. The van der Waals surface area contributed by atoms with Crippen molar-refractivity contribution in [3.05, 3.63) is 52.4 Å². The summed E-state index contributed by atoms with van der Waals surface area (Å²) in [5.41, 5.74) is 1.61. The van der Waals surface area contributed by atoms with Gasteiger partial charge in [0.25, 0.3) is 11.5 Å². The summed E-state index contributed by atoms with van der Waals surface area (Å²) in [6.45, 7) is 3.26. The van der Waals surface area contributed by atoms with E-state index in [1.54, 1.807) is 0 Å². The number of methoxy groups -OCH3 is 1. The predicted molar refractivity (Wildman–Crippen MR) is 93.7 cm³/mol. The van der Waals surface area contributed by atoms with Crippen LogP contribution in [0.5, 0.6) is 0 Å². The number of anilines is 1. The Morgan fingerprint density at radius 3 is 2.80 bits per heavy atom. The van der Waals surface area contributed by atoms with Crippen LogP contribution in [0.3, 0.4) is 0 Å². The molecule has 0 saturated heterocycles. The lowest BCUT2D eigenvalue weighted by atomic mass is 10.3. The molecule has 2 heterocycles. The van der Waals surface area contributed by atoms with Gasteiger partial charge in [-0.3, -0.25) is 14.9 Å². The van der Waals surface area contributed by atoms with Gasteiger partial charge in [0.15, 0.2) is 0 Å². The van der Waals surface area contributed by atoms with Crippen LogP contribution in [0, 0.1) is 0 Å². The standard InChI is InChI=1S/C17H19N5O3/c1-3-21-14-7-5-4-6-12(14)18-17(21)19-16(24)13-8-9-15(23)22(20-13)10-11-25-2/h4-9H,3,10-11H2,1-2H3,(H,18,19,24). The summed E-state index contributed by atoms with van der Waals surface area (Å²) in [6, 6.07) is 10.4. The second kappa shape index (κ2) is 7.27. The monoisotopic (exact) mass is 341 g/mol. The quantitative estimate of drug-likeness (QED) is 0.734. The van der Waals surface area contributed by atoms with Crippen molar-refractivity contribution in [1.29, 1.82) is 0 Å². The summed E-state index contributed by atoms with van der Waals surface area (Å²) in [4.78, 5) is 28.7. The maximum absolute atomic E-state index is 12.5. The lowest BCUT2D eigenvalue weighted by Crippen LogP contribution is -2.28. The molecule has 0 saturated carbocycles. The molecule has 1 amide bonds. The first-order valence-electron chi connectivity index (χ1n) is 7.97. The van der Waals surface area contributed by atoms with Crippen molar-refractivity contribution < 1.29 is 9.53 Å². The number of carbonyl (C=O) groups excluding carboxylic acids is 1. The number of para-hydroxylation sites is 2. The van der Waals surface area contributed by atoms with Crippen LogP contribution in [0.4, 0.5) is 5.95 Å². The SMILES string of the molecule is CCn1c(NC(=O)c2ccc(=O)n(CCOC)n2)nc2ccccc21. The zero-order valence-corrected chi connectivity index (χ0v) is 14.1. The molecule has 0 aliphatic carbocycles. The largest absolute Gasteiger partial charge is 0.383 e. The molecule has 0 spiro atoms. The van der Waals surface area contributed by atoms with E-state index in [1.165, 1.54) is 23.9 Å². The summed E-state index contributed by atoms with van der Waals surface area (Å²) in [5.74, 6) is 0.0290. The molecular weight excluding hydrogens is 322 g/mol. The molecule has 1 aromatic carbocycles. The van der Waals surface area contributed by atoms with Gasteiger partial charge in [-0.25, -0.2) is 9.67 Å². The Bertz CT molecular complexity index is 960. The van der Waals surface area contributed by atoms with Crippen LogP contribution in [-0.4, -0.2) is 39.0 Å². The van der Waals surface area contributed by atoms with E-state index in [-0.39, 0.29) is 17.8 Å². The molecular formula is C17H19N5O3. The number of aromatic nitrogens is 4. The van der Waals surface area contributed by atoms with E-state index in [2.05, 4.69) is 15.4 Å². The van der Waals surface area contributed by atoms with E-state index in [0.717, 1.165) is 11.0 Å². The van der Waals surface area contributed by atoms with E-state index < -0.39 is 5.91 Å². The number of benzene rings is 1. The topological polar surface area (TPSA) is 91.0 Å². The first-order chi connectivity index (χ1) is 12.1. The first kappa shape index (κ1) is 16.8. The Morgan fingerprint density at radius 2 is 2.04 bits per heavy atom. The highest BCUT2D eigenvalue weighted by atomic mass is 16.5. The molecule has 1 N–H and O–H groups in total. The van der Waals surface area contributed by atoms with Gasteiger partial charge in [-0.2, -0.15) is 5.10 Å². The van der Waals surface area contributed by atoms with Crippen molar-refractivity contribution in [2.75, 3.05) is 19.0 Å². The van der Waals surface area contributed by atoms with Crippen LogP contribution in [0.15, 0.2) is 41.2 Å². The third-order valence-electron chi connectivity index (χ3n) is 3.80. The van der Waals surface area contributed by atoms with Gasteiger partial charge in [0.05, 0.1) is 24.2 Å². The number of ether oxygens (including phenoxy) is 1. The molecule has 2 aromatic heterocycles. The van der Waals surface area contributed by atoms with Crippen molar-refractivity contribution in [1.82, 2.24) is 19.3 Å². The van der Waals surface area contributed by atoms with Gasteiger partial charge >= 0.3 is 0 Å². The normalized spacial score (nSPS) is 11.0. The number of aryl methyl sites for hydroxylation is 1. The minimum atomic E-state index is -0.420. The van der Waals surface area contributed by atoms with Crippen LogP contribution in [0.2, 0.25) is 0 Å². The predicted octanol–water partition coefficient (Wildman–Crippen LogP) is 1.51. The van der Waals surface area contributed by atoms with Gasteiger partial charge < -0.3 is 9.30 Å². The lowest BCUT2D eigenvalue weighted by molar-refractivity contribution is 0.101. The van der Waals surface area contributed by atoms with Gasteiger partial charge in [-0.15, -0.1) is 0 Å². The van der Waals surface area contributed by atoms with Gasteiger partial charge in [-0.05, 0) is 25.1 Å². The Kier molecular flexibility index (Phi) is 4.90. The maximum Gasteiger partial charge on any atom is 0.278 e. The highest BCUT2D eigenvalue weighted by Gasteiger charge is 2.15. The minimum absolute atomic E-state index is 0.144. The van der Waals surface area contributed by atoms with Crippen LogP contribution in [0.25, 0.3) is 11.0 Å². The van der Waals surface area contributed by atoms with Crippen LogP contribution in [0.1, 0.15) is 17.4 Å². The summed E-state index contributed by atoms with van der Waals surface area (Å²) in [7, 11) is 1.54. The molecule has 130 valence electrons. The Morgan fingerprint density at radius 1 is 1.24 bits per heavy atom. The number of fused-ring (bicyclic) bond motifs is 1. The van der Waals surface area contributed by atoms with E-state index >= 15 is 0 Å². The molecule has 0 bridgehead atoms. The van der Waals surface area contributed by atoms with Gasteiger partial charge in [-0.1, -0.05) is 12.1 Å². The second-order valence-electron chi connectivity index (χ2n) is 5.40. The van der Waals surface area contributed by atoms with E-state index in [4.69, 9.17) is 4.74 Å². The smallest absolute Gasteiger partial charge is 0.278 e. The first-order valence-corrected chi connectivity index (χ1v) is 7.97. The molecule has 3 rings (SSSR count). The van der Waals surface area contributed by atoms with Crippen molar-refractivity contribution in [2.24, 2.45) is 0 Å². The number of imidazole rings is 1. The zero-order valence-electron chi connectivity index (χ0n) is 14.1. The number of nitrogens with one attached hydrogen (secondary N) is 1. The minimum Gasteiger partial charge on any atom is -0.383 e. The maximum atomic E-state index is 12.5. The van der Waals surface area contributed by atoms with Crippen molar-refractivity contribution in [3.8, 4) is 0 Å². The zero-order chi connectivity index (χ0) is 17.8. The second-order valence-corrected chi connectivity index (χ2v) is 5.40.